The number of benzene rings is 2. The van der Waals surface area contributed by atoms with Gasteiger partial charge in [0.2, 0.25) is 0 Å². The zero-order valence-electron chi connectivity index (χ0n) is 16.3. The van der Waals surface area contributed by atoms with Crippen LogP contribution in [-0.2, 0) is 6.54 Å². The molecule has 1 saturated carbocycles. The number of phenolic OH excluding ortho intramolecular Hbond substituents is 1. The van der Waals surface area contributed by atoms with E-state index in [4.69, 9.17) is 16.3 Å². The molecule has 0 radical (unpaired) electrons. The van der Waals surface area contributed by atoms with Gasteiger partial charge in [0.1, 0.15) is 0 Å². The second-order valence-electron chi connectivity index (χ2n) is 8.14. The minimum atomic E-state index is -0.620. The fraction of sp³-hybridized carbons (Fsp3) is 0.478. The van der Waals surface area contributed by atoms with Gasteiger partial charge in [-0.3, -0.25) is 4.90 Å². The Kier molecular flexibility index (Phi) is 5.55. The third-order valence-electron chi connectivity index (χ3n) is 6.55. The summed E-state index contributed by atoms with van der Waals surface area (Å²) in [4.78, 5) is 2.43. The number of hydrogen-bond donors (Lipinski definition) is 2. The summed E-state index contributed by atoms with van der Waals surface area (Å²) in [7, 11) is 1.57. The standard InChI is InChI=1S/C23H28ClNO3/c1-28-21-14-16(9-10-20(21)26)22-18-7-4-5-11-23(18,27)12-13-25(22)15-17-6-2-3-8-19(17)24/h2-3,6,8-10,14,18,22,26-27H,4-5,7,11-13,15H2,1H3/t18-,22+,23-/m1/s1. The quantitative estimate of drug-likeness (QED) is 0.763. The maximum Gasteiger partial charge on any atom is 0.160 e. The molecule has 0 spiro atoms. The van der Waals surface area contributed by atoms with E-state index in [0.29, 0.717) is 5.75 Å². The first-order valence-corrected chi connectivity index (χ1v) is 10.5. The molecule has 2 aliphatic rings. The van der Waals surface area contributed by atoms with Gasteiger partial charge in [-0.25, -0.2) is 0 Å². The van der Waals surface area contributed by atoms with Crippen molar-refractivity contribution in [2.24, 2.45) is 5.92 Å². The van der Waals surface area contributed by atoms with Crippen LogP contribution in [0.1, 0.15) is 49.3 Å². The van der Waals surface area contributed by atoms with Gasteiger partial charge in [0, 0.05) is 30.1 Å². The Bertz CT molecular complexity index is 842. The van der Waals surface area contributed by atoms with Gasteiger partial charge in [-0.05, 0) is 48.6 Å². The molecule has 3 atom stereocenters. The average molecular weight is 402 g/mol. The lowest BCUT2D eigenvalue weighted by molar-refractivity contribution is -0.126. The number of piperidine rings is 1. The smallest absolute Gasteiger partial charge is 0.160 e. The highest BCUT2D eigenvalue weighted by molar-refractivity contribution is 6.31. The summed E-state index contributed by atoms with van der Waals surface area (Å²) in [5.74, 6) is 0.769. The number of rotatable bonds is 4. The van der Waals surface area contributed by atoms with E-state index < -0.39 is 5.60 Å². The molecule has 0 amide bonds. The first-order valence-electron chi connectivity index (χ1n) is 10.1. The van der Waals surface area contributed by atoms with Crippen molar-refractivity contribution in [2.75, 3.05) is 13.7 Å². The Morgan fingerprint density at radius 2 is 2.00 bits per heavy atom. The molecule has 1 aliphatic carbocycles. The monoisotopic (exact) mass is 401 g/mol. The lowest BCUT2D eigenvalue weighted by Gasteiger charge is -2.53. The van der Waals surface area contributed by atoms with Crippen LogP contribution in [0.5, 0.6) is 11.5 Å². The predicted molar refractivity (Wildman–Crippen MR) is 111 cm³/mol. The van der Waals surface area contributed by atoms with Crippen LogP contribution in [0.15, 0.2) is 42.5 Å². The van der Waals surface area contributed by atoms with Gasteiger partial charge in [0.15, 0.2) is 11.5 Å². The van der Waals surface area contributed by atoms with Gasteiger partial charge in [-0.2, -0.15) is 0 Å². The second kappa shape index (κ2) is 7.94. The topological polar surface area (TPSA) is 52.9 Å². The molecular formula is C23H28ClNO3. The molecule has 2 aromatic carbocycles. The molecular weight excluding hydrogens is 374 g/mol. The van der Waals surface area contributed by atoms with E-state index in [9.17, 15) is 10.2 Å². The molecule has 28 heavy (non-hydrogen) atoms. The van der Waals surface area contributed by atoms with Crippen LogP contribution >= 0.6 is 11.6 Å². The van der Waals surface area contributed by atoms with Crippen LogP contribution in [0.25, 0.3) is 0 Å². The van der Waals surface area contributed by atoms with E-state index in [1.165, 1.54) is 0 Å². The van der Waals surface area contributed by atoms with Crippen LogP contribution in [0.3, 0.4) is 0 Å². The third-order valence-corrected chi connectivity index (χ3v) is 6.92. The fourth-order valence-electron chi connectivity index (χ4n) is 5.09. The molecule has 4 rings (SSSR count). The number of fused-ring (bicyclic) bond motifs is 1. The Hall–Kier alpha value is -1.75. The molecule has 0 unspecified atom stereocenters. The summed E-state index contributed by atoms with van der Waals surface area (Å²) in [6, 6.07) is 13.6. The number of aliphatic hydroxyl groups is 1. The van der Waals surface area contributed by atoms with Crippen LogP contribution < -0.4 is 4.74 Å². The molecule has 1 aliphatic heterocycles. The average Bonchev–Trinajstić information content (AvgIpc) is 2.70. The molecule has 2 aromatic rings. The molecule has 150 valence electrons. The number of hydrogen-bond acceptors (Lipinski definition) is 4. The van der Waals surface area contributed by atoms with Crippen molar-refractivity contribution in [1.82, 2.24) is 4.90 Å². The highest BCUT2D eigenvalue weighted by Crippen LogP contribution is 2.50. The van der Waals surface area contributed by atoms with Gasteiger partial charge >= 0.3 is 0 Å². The van der Waals surface area contributed by atoms with E-state index in [2.05, 4.69) is 11.0 Å². The van der Waals surface area contributed by atoms with Crippen LogP contribution in [0, 0.1) is 5.92 Å². The van der Waals surface area contributed by atoms with Crippen molar-refractivity contribution in [3.63, 3.8) is 0 Å². The summed E-state index contributed by atoms with van der Waals surface area (Å²) in [5, 5.41) is 22.2. The van der Waals surface area contributed by atoms with E-state index in [-0.39, 0.29) is 17.7 Å². The van der Waals surface area contributed by atoms with Crippen LogP contribution in [0.4, 0.5) is 0 Å². The number of nitrogens with zero attached hydrogens (tertiary/aromatic N) is 1. The molecule has 4 nitrogen and oxygen atoms in total. The van der Waals surface area contributed by atoms with E-state index in [1.807, 2.05) is 30.3 Å². The number of ether oxygens (including phenoxy) is 1. The highest BCUT2D eigenvalue weighted by atomic mass is 35.5. The molecule has 2 N–H and O–H groups in total. The van der Waals surface area contributed by atoms with Gasteiger partial charge in [0.05, 0.1) is 12.7 Å². The zero-order valence-corrected chi connectivity index (χ0v) is 17.0. The van der Waals surface area contributed by atoms with E-state index >= 15 is 0 Å². The van der Waals surface area contributed by atoms with E-state index in [1.54, 1.807) is 13.2 Å². The molecule has 5 heteroatoms. The van der Waals surface area contributed by atoms with E-state index in [0.717, 1.165) is 61.3 Å². The normalized spacial score (nSPS) is 28.0. The second-order valence-corrected chi connectivity index (χ2v) is 8.55. The van der Waals surface area contributed by atoms with Gasteiger partial charge in [-0.15, -0.1) is 0 Å². The number of phenols is 1. The Labute approximate surface area is 171 Å². The lowest BCUT2D eigenvalue weighted by atomic mass is 9.66. The number of halogens is 1. The molecule has 2 fully saturated rings. The molecule has 1 saturated heterocycles. The van der Waals surface area contributed by atoms with Crippen molar-refractivity contribution < 1.29 is 14.9 Å². The maximum atomic E-state index is 11.4. The van der Waals surface area contributed by atoms with Crippen molar-refractivity contribution >= 4 is 11.6 Å². The third kappa shape index (κ3) is 3.61. The summed E-state index contributed by atoms with van der Waals surface area (Å²) in [6.07, 6.45) is 4.88. The van der Waals surface area contributed by atoms with Crippen molar-refractivity contribution in [1.29, 1.82) is 0 Å². The van der Waals surface area contributed by atoms with Crippen LogP contribution in [-0.4, -0.2) is 34.4 Å². The number of aromatic hydroxyl groups is 1. The minimum absolute atomic E-state index is 0.0600. The van der Waals surface area contributed by atoms with Gasteiger partial charge < -0.3 is 14.9 Å². The Morgan fingerprint density at radius 3 is 2.79 bits per heavy atom. The van der Waals surface area contributed by atoms with Gasteiger partial charge in [0.25, 0.3) is 0 Å². The number of likely N-dealkylation sites (tertiary alicyclic amines) is 1. The minimum Gasteiger partial charge on any atom is -0.504 e. The summed E-state index contributed by atoms with van der Waals surface area (Å²) < 4.78 is 5.36. The SMILES string of the molecule is COc1cc([C@H]2[C@H]3CCCC[C@@]3(O)CCN2Cc2ccccc2Cl)ccc1O. The largest absolute Gasteiger partial charge is 0.504 e. The lowest BCUT2D eigenvalue weighted by Crippen LogP contribution is -2.54. The first-order chi connectivity index (χ1) is 13.5. The molecule has 0 bridgehead atoms. The molecule has 0 aromatic heterocycles. The Balaban J connectivity index is 1.73. The maximum absolute atomic E-state index is 11.4. The Morgan fingerprint density at radius 1 is 1.18 bits per heavy atom. The zero-order chi connectivity index (χ0) is 19.7. The summed E-state index contributed by atoms with van der Waals surface area (Å²) >= 11 is 6.44. The van der Waals surface area contributed by atoms with Crippen molar-refractivity contribution in [2.45, 2.75) is 50.3 Å². The summed E-state index contributed by atoms with van der Waals surface area (Å²) in [5.41, 5.74) is 1.55. The summed E-state index contributed by atoms with van der Waals surface area (Å²) in [6.45, 7) is 1.55. The first kappa shape index (κ1) is 19.6. The van der Waals surface area contributed by atoms with Crippen molar-refractivity contribution in [3.8, 4) is 11.5 Å². The van der Waals surface area contributed by atoms with Crippen molar-refractivity contribution in [3.05, 3.63) is 58.6 Å². The van der Waals surface area contributed by atoms with Crippen LogP contribution in [0.2, 0.25) is 5.02 Å². The molecule has 1 heterocycles. The fourth-order valence-corrected chi connectivity index (χ4v) is 5.28. The number of methoxy groups -OCH3 is 1. The van der Waals surface area contributed by atoms with Gasteiger partial charge in [-0.1, -0.05) is 48.7 Å². The predicted octanol–water partition coefficient (Wildman–Crippen LogP) is 4.92. The highest BCUT2D eigenvalue weighted by Gasteiger charge is 2.49.